The zero-order chi connectivity index (χ0) is 54.7. The molecule has 0 aromatic rings. The van der Waals surface area contributed by atoms with Crippen molar-refractivity contribution >= 4 is 23.9 Å². The van der Waals surface area contributed by atoms with Crippen molar-refractivity contribution in [3.05, 3.63) is 48.6 Å². The first kappa shape index (κ1) is 69.7. The van der Waals surface area contributed by atoms with Gasteiger partial charge in [-0.1, -0.05) is 223 Å². The molecular formula is C63H110O12. The largest absolute Gasteiger partial charge is 0.479 e. The highest BCUT2D eigenvalue weighted by atomic mass is 16.7. The summed E-state index contributed by atoms with van der Waals surface area (Å²) in [6, 6.07) is 0. The molecule has 0 aliphatic carbocycles. The molecule has 12 heteroatoms. The van der Waals surface area contributed by atoms with Gasteiger partial charge < -0.3 is 39.0 Å². The lowest BCUT2D eigenvalue weighted by molar-refractivity contribution is -0.301. The Kier molecular flexibility index (Phi) is 47.8. The number of carboxylic acid groups (broad SMARTS) is 1. The molecule has 1 rings (SSSR count). The molecule has 6 unspecified atom stereocenters. The van der Waals surface area contributed by atoms with Crippen LogP contribution in [0.1, 0.15) is 278 Å². The maximum atomic E-state index is 13.1. The second-order valence-corrected chi connectivity index (χ2v) is 21.0. The van der Waals surface area contributed by atoms with Crippen molar-refractivity contribution in [2.24, 2.45) is 0 Å². The predicted octanol–water partition coefficient (Wildman–Crippen LogP) is 15.8. The summed E-state index contributed by atoms with van der Waals surface area (Å²) < 4.78 is 28.4. The number of rotatable bonds is 52. The maximum Gasteiger partial charge on any atom is 0.335 e. The summed E-state index contributed by atoms with van der Waals surface area (Å²) in [4.78, 5) is 51.2. The SMILES string of the molecule is CCCCC/C=C\C/C=C\CCCCCCCCCC(=O)OCC(COC1OC(C(=O)O)C(O)C(O)C1OC(=O)CCCCCCC/C=C\C/C=C\CCCCC)OC(=O)CCCCCCCCCCCCCCC. The van der Waals surface area contributed by atoms with Crippen molar-refractivity contribution in [1.29, 1.82) is 0 Å². The Bertz CT molecular complexity index is 1490. The molecule has 0 amide bonds. The lowest BCUT2D eigenvalue weighted by atomic mass is 9.98. The van der Waals surface area contributed by atoms with Crippen LogP contribution in [0.25, 0.3) is 0 Å². The Hall–Kier alpha value is -3.32. The second-order valence-electron chi connectivity index (χ2n) is 21.0. The van der Waals surface area contributed by atoms with Gasteiger partial charge in [-0.2, -0.15) is 0 Å². The number of carbonyl (C=O) groups is 4. The monoisotopic (exact) mass is 1060 g/mol. The third-order valence-electron chi connectivity index (χ3n) is 13.9. The van der Waals surface area contributed by atoms with Gasteiger partial charge >= 0.3 is 23.9 Å². The lowest BCUT2D eigenvalue weighted by Gasteiger charge is -2.40. The Morgan fingerprint density at radius 1 is 0.440 bits per heavy atom. The van der Waals surface area contributed by atoms with Crippen LogP contribution in [0, 0.1) is 0 Å². The quantitative estimate of drug-likeness (QED) is 0.0228. The number of hydrogen-bond acceptors (Lipinski definition) is 11. The van der Waals surface area contributed by atoms with E-state index in [4.69, 9.17) is 23.7 Å². The molecule has 1 aliphatic rings. The number of aliphatic hydroxyl groups is 2. The number of carbonyl (C=O) groups excluding carboxylic acids is 3. The van der Waals surface area contributed by atoms with E-state index in [0.29, 0.717) is 19.3 Å². The van der Waals surface area contributed by atoms with Crippen LogP contribution in [0.15, 0.2) is 48.6 Å². The van der Waals surface area contributed by atoms with Gasteiger partial charge in [0.1, 0.15) is 18.8 Å². The number of unbranched alkanes of at least 4 members (excludes halogenated alkanes) is 30. The lowest BCUT2D eigenvalue weighted by Crippen LogP contribution is -2.61. The Morgan fingerprint density at radius 2 is 0.800 bits per heavy atom. The number of hydrogen-bond donors (Lipinski definition) is 3. The Morgan fingerprint density at radius 3 is 1.23 bits per heavy atom. The van der Waals surface area contributed by atoms with Gasteiger partial charge in [-0.05, 0) is 83.5 Å². The fraction of sp³-hybridized carbons (Fsp3) is 0.810. The molecule has 0 aromatic carbocycles. The van der Waals surface area contributed by atoms with Gasteiger partial charge in [0.05, 0.1) is 6.61 Å². The maximum absolute atomic E-state index is 13.1. The second kappa shape index (κ2) is 51.4. The molecule has 12 nitrogen and oxygen atoms in total. The van der Waals surface area contributed by atoms with Crippen LogP contribution >= 0.6 is 0 Å². The highest BCUT2D eigenvalue weighted by molar-refractivity contribution is 5.74. The van der Waals surface area contributed by atoms with E-state index in [1.165, 1.54) is 116 Å². The number of aliphatic carboxylic acids is 1. The van der Waals surface area contributed by atoms with Gasteiger partial charge in [0.25, 0.3) is 0 Å². The number of ether oxygens (including phenoxy) is 5. The van der Waals surface area contributed by atoms with Crippen LogP contribution in [0.4, 0.5) is 0 Å². The van der Waals surface area contributed by atoms with E-state index in [-0.39, 0.29) is 25.9 Å². The van der Waals surface area contributed by atoms with Crippen LogP contribution in [-0.4, -0.2) is 89.2 Å². The number of allylic oxidation sites excluding steroid dienone is 8. The highest BCUT2D eigenvalue weighted by Gasteiger charge is 2.50. The summed E-state index contributed by atoms with van der Waals surface area (Å²) in [7, 11) is 0. The van der Waals surface area contributed by atoms with Crippen molar-refractivity contribution in [2.45, 2.75) is 314 Å². The van der Waals surface area contributed by atoms with Gasteiger partial charge in [-0.15, -0.1) is 0 Å². The van der Waals surface area contributed by atoms with Crippen LogP contribution in [-0.2, 0) is 42.9 Å². The van der Waals surface area contributed by atoms with E-state index in [0.717, 1.165) is 103 Å². The molecule has 434 valence electrons. The molecule has 1 heterocycles. The van der Waals surface area contributed by atoms with Gasteiger partial charge in [0.15, 0.2) is 24.6 Å². The Labute approximate surface area is 456 Å². The molecule has 0 radical (unpaired) electrons. The van der Waals surface area contributed by atoms with Crippen molar-refractivity contribution < 1.29 is 58.2 Å². The van der Waals surface area contributed by atoms with Crippen molar-refractivity contribution in [3.63, 3.8) is 0 Å². The molecule has 0 spiro atoms. The molecule has 0 aromatic heterocycles. The van der Waals surface area contributed by atoms with Crippen LogP contribution < -0.4 is 0 Å². The molecule has 0 bridgehead atoms. The zero-order valence-corrected chi connectivity index (χ0v) is 47.8. The summed E-state index contributed by atoms with van der Waals surface area (Å²) in [6.45, 7) is 5.95. The molecular weight excluding hydrogens is 949 g/mol. The first-order chi connectivity index (χ1) is 36.6. The van der Waals surface area contributed by atoms with Crippen molar-refractivity contribution in [1.82, 2.24) is 0 Å². The van der Waals surface area contributed by atoms with E-state index in [1.807, 2.05) is 0 Å². The number of esters is 3. The molecule has 6 atom stereocenters. The molecule has 3 N–H and O–H groups in total. The highest BCUT2D eigenvalue weighted by Crippen LogP contribution is 2.26. The minimum atomic E-state index is -1.91. The average molecular weight is 1060 g/mol. The minimum absolute atomic E-state index is 0.0455. The molecule has 1 fully saturated rings. The van der Waals surface area contributed by atoms with Gasteiger partial charge in [0, 0.05) is 19.3 Å². The smallest absolute Gasteiger partial charge is 0.335 e. The first-order valence-corrected chi connectivity index (χ1v) is 30.6. The summed E-state index contributed by atoms with van der Waals surface area (Å²) in [5, 5.41) is 31.5. The topological polar surface area (TPSA) is 175 Å². The van der Waals surface area contributed by atoms with E-state index < -0.39 is 67.3 Å². The summed E-state index contributed by atoms with van der Waals surface area (Å²) in [5.74, 6) is -3.13. The predicted molar refractivity (Wildman–Crippen MR) is 303 cm³/mol. The third-order valence-corrected chi connectivity index (χ3v) is 13.9. The number of carboxylic acids is 1. The van der Waals surface area contributed by atoms with E-state index in [1.54, 1.807) is 0 Å². The average Bonchev–Trinajstić information content (AvgIpc) is 3.39. The summed E-state index contributed by atoms with van der Waals surface area (Å²) >= 11 is 0. The number of aliphatic hydroxyl groups excluding tert-OH is 2. The van der Waals surface area contributed by atoms with Gasteiger partial charge in [-0.25, -0.2) is 4.79 Å². The van der Waals surface area contributed by atoms with Crippen molar-refractivity contribution in [3.8, 4) is 0 Å². The summed E-state index contributed by atoms with van der Waals surface area (Å²) in [5.41, 5.74) is 0. The van der Waals surface area contributed by atoms with Crippen LogP contribution in [0.5, 0.6) is 0 Å². The van der Waals surface area contributed by atoms with Gasteiger partial charge in [-0.3, -0.25) is 14.4 Å². The Balaban J connectivity index is 2.68. The molecule has 75 heavy (non-hydrogen) atoms. The van der Waals surface area contributed by atoms with Crippen LogP contribution in [0.2, 0.25) is 0 Å². The minimum Gasteiger partial charge on any atom is -0.479 e. The fourth-order valence-electron chi connectivity index (χ4n) is 9.13. The molecule has 0 saturated carbocycles. The van der Waals surface area contributed by atoms with E-state index in [2.05, 4.69) is 69.4 Å². The van der Waals surface area contributed by atoms with E-state index in [9.17, 15) is 34.5 Å². The van der Waals surface area contributed by atoms with Crippen LogP contribution in [0.3, 0.4) is 0 Å². The van der Waals surface area contributed by atoms with Crippen molar-refractivity contribution in [2.75, 3.05) is 13.2 Å². The van der Waals surface area contributed by atoms with Gasteiger partial charge in [0.2, 0.25) is 0 Å². The normalized spacial score (nSPS) is 18.4. The molecule has 1 saturated heterocycles. The zero-order valence-electron chi connectivity index (χ0n) is 47.8. The van der Waals surface area contributed by atoms with E-state index >= 15 is 0 Å². The summed E-state index contributed by atoms with van der Waals surface area (Å²) in [6.07, 6.45) is 49.3. The molecule has 1 aliphatic heterocycles. The third kappa shape index (κ3) is 41.5. The standard InChI is InChI=1S/C63H110O12/c1-4-7-10-13-16-19-22-25-27-28-30-32-34-37-40-43-46-49-55(64)71-52-54(73-56(65)50-47-44-41-38-35-31-24-21-18-15-12-9-6-3)53-72-63-61(59(68)58(67)60(75-63)62(69)70)74-57(66)51-48-45-42-39-36-33-29-26-23-20-17-14-11-8-5-2/h16-17,19-20,25-27,29,54,58-61,63,67-68H,4-15,18,21-24,28,30-53H2,1-3H3,(H,69,70)/b19-16-,20-17-,27-25-,29-26-. The first-order valence-electron chi connectivity index (χ1n) is 30.6. The fourth-order valence-corrected chi connectivity index (χ4v) is 9.13.